The van der Waals surface area contributed by atoms with Crippen LogP contribution in [0.15, 0.2) is 73.2 Å². The first-order valence-corrected chi connectivity index (χ1v) is 18.3. The van der Waals surface area contributed by atoms with Gasteiger partial charge in [-0.25, -0.2) is 4.98 Å². The van der Waals surface area contributed by atoms with Crippen LogP contribution in [0.4, 0.5) is 0 Å². The zero-order valence-electron chi connectivity index (χ0n) is 31.3. The van der Waals surface area contributed by atoms with E-state index in [1.165, 1.54) is 29.5 Å². The Kier molecular flexibility index (Phi) is 13.9. The molecule has 1 atom stereocenters. The molecule has 1 saturated heterocycles. The minimum atomic E-state index is -0.810. The predicted octanol–water partition coefficient (Wildman–Crippen LogP) is 3.98. The second kappa shape index (κ2) is 19.6. The van der Waals surface area contributed by atoms with E-state index >= 15 is 0 Å². The summed E-state index contributed by atoms with van der Waals surface area (Å²) >= 11 is 0. The first-order valence-electron chi connectivity index (χ1n) is 18.3. The fourth-order valence-electron chi connectivity index (χ4n) is 6.30. The van der Waals surface area contributed by atoms with Crippen molar-refractivity contribution in [3.63, 3.8) is 0 Å². The number of ether oxygens (including phenoxy) is 5. The molecule has 1 N–H and O–H groups in total. The van der Waals surface area contributed by atoms with E-state index in [0.29, 0.717) is 57.4 Å². The summed E-state index contributed by atoms with van der Waals surface area (Å²) in [4.78, 5) is 58.4. The lowest BCUT2D eigenvalue weighted by Crippen LogP contribution is -2.53. The van der Waals surface area contributed by atoms with Crippen LogP contribution < -0.4 is 10.1 Å². The van der Waals surface area contributed by atoms with E-state index in [2.05, 4.69) is 56.9 Å². The van der Waals surface area contributed by atoms with Gasteiger partial charge in [0, 0.05) is 66.5 Å². The van der Waals surface area contributed by atoms with Gasteiger partial charge in [0.05, 0.1) is 57.3 Å². The van der Waals surface area contributed by atoms with Crippen LogP contribution >= 0.6 is 0 Å². The Bertz CT molecular complexity index is 2240. The van der Waals surface area contributed by atoms with Crippen molar-refractivity contribution in [2.75, 3.05) is 66.5 Å². The SMILES string of the molecule is CN(C(=O)c1cc(OCCOCCOCCOCCOCC#Cc2ccc(-c3ccc4c5cnccc5n(C)c4c3)cn2)ccc1C=O)C1CCC(=O)NC1=O. The van der Waals surface area contributed by atoms with E-state index in [9.17, 15) is 19.2 Å². The number of pyridine rings is 2. The summed E-state index contributed by atoms with van der Waals surface area (Å²) in [5.74, 6) is 4.95. The summed E-state index contributed by atoms with van der Waals surface area (Å²) in [5.41, 5.74) is 5.32. The summed E-state index contributed by atoms with van der Waals surface area (Å²) in [7, 11) is 3.53. The van der Waals surface area contributed by atoms with E-state index in [0.717, 1.165) is 27.5 Å². The van der Waals surface area contributed by atoms with E-state index in [1.54, 1.807) is 6.07 Å². The van der Waals surface area contributed by atoms with Crippen molar-refractivity contribution in [3.8, 4) is 28.7 Å². The van der Waals surface area contributed by atoms with E-state index in [-0.39, 0.29) is 49.7 Å². The largest absolute Gasteiger partial charge is 0.491 e. The second-order valence-corrected chi connectivity index (χ2v) is 12.9. The molecule has 3 aromatic heterocycles. The van der Waals surface area contributed by atoms with Gasteiger partial charge in [-0.3, -0.25) is 29.5 Å². The number of rotatable bonds is 18. The van der Waals surface area contributed by atoms with Gasteiger partial charge in [0.15, 0.2) is 6.29 Å². The van der Waals surface area contributed by atoms with Crippen LogP contribution in [0.1, 0.15) is 39.3 Å². The van der Waals surface area contributed by atoms with Crippen molar-refractivity contribution in [1.82, 2.24) is 24.8 Å². The third-order valence-corrected chi connectivity index (χ3v) is 9.29. The number of likely N-dealkylation sites (N-methyl/N-ethyl adjacent to an activating group) is 1. The van der Waals surface area contributed by atoms with Gasteiger partial charge in [0.25, 0.3) is 5.91 Å². The van der Waals surface area contributed by atoms with Gasteiger partial charge in [-0.15, -0.1) is 0 Å². The molecular weight excluding hydrogens is 718 g/mol. The van der Waals surface area contributed by atoms with Crippen molar-refractivity contribution in [2.24, 2.45) is 7.05 Å². The summed E-state index contributed by atoms with van der Waals surface area (Å²) in [6, 6.07) is 16.1. The van der Waals surface area contributed by atoms with Gasteiger partial charge in [-0.05, 0) is 54.3 Å². The summed E-state index contributed by atoms with van der Waals surface area (Å²) < 4.78 is 30.1. The van der Waals surface area contributed by atoms with Crippen LogP contribution in [-0.2, 0) is 35.6 Å². The van der Waals surface area contributed by atoms with Crippen molar-refractivity contribution in [1.29, 1.82) is 0 Å². The lowest BCUT2D eigenvalue weighted by Gasteiger charge is -2.30. The van der Waals surface area contributed by atoms with Crippen molar-refractivity contribution in [2.45, 2.75) is 18.9 Å². The Morgan fingerprint density at radius 2 is 1.61 bits per heavy atom. The van der Waals surface area contributed by atoms with E-state index < -0.39 is 17.9 Å². The molecule has 0 bridgehead atoms. The molecule has 0 spiro atoms. The number of nitrogens with zero attached hydrogens (tertiary/aromatic N) is 4. The average Bonchev–Trinajstić information content (AvgIpc) is 3.50. The number of amides is 3. The number of benzene rings is 2. The minimum absolute atomic E-state index is 0.0993. The number of imide groups is 1. The Balaban J connectivity index is 0.793. The first kappa shape index (κ1) is 39.7. The van der Waals surface area contributed by atoms with Gasteiger partial charge in [-0.1, -0.05) is 24.1 Å². The van der Waals surface area contributed by atoms with Crippen LogP contribution in [0, 0.1) is 11.8 Å². The fourth-order valence-corrected chi connectivity index (χ4v) is 6.30. The van der Waals surface area contributed by atoms with Crippen LogP contribution in [-0.4, -0.2) is 116 Å². The highest BCUT2D eigenvalue weighted by molar-refractivity contribution is 6.09. The lowest BCUT2D eigenvalue weighted by atomic mass is 10.0. The monoisotopic (exact) mass is 761 g/mol. The Morgan fingerprint density at radius 1 is 0.875 bits per heavy atom. The maximum atomic E-state index is 13.1. The molecule has 1 aliphatic rings. The predicted molar refractivity (Wildman–Crippen MR) is 207 cm³/mol. The van der Waals surface area contributed by atoms with Gasteiger partial charge in [0.1, 0.15) is 30.7 Å². The molecule has 14 nitrogen and oxygen atoms in total. The summed E-state index contributed by atoms with van der Waals surface area (Å²) in [6.45, 7) is 3.11. The molecule has 5 aromatic rings. The molecule has 14 heteroatoms. The average molecular weight is 762 g/mol. The third kappa shape index (κ3) is 10.0. The Morgan fingerprint density at radius 3 is 2.32 bits per heavy atom. The van der Waals surface area contributed by atoms with Gasteiger partial charge in [0.2, 0.25) is 11.8 Å². The molecule has 4 heterocycles. The normalized spacial score (nSPS) is 14.0. The highest BCUT2D eigenvalue weighted by atomic mass is 16.6. The summed E-state index contributed by atoms with van der Waals surface area (Å²) in [5, 5.41) is 4.55. The lowest BCUT2D eigenvalue weighted by molar-refractivity contribution is -0.136. The van der Waals surface area contributed by atoms with Crippen molar-refractivity contribution >= 4 is 45.8 Å². The van der Waals surface area contributed by atoms with Gasteiger partial charge >= 0.3 is 0 Å². The molecule has 0 aliphatic carbocycles. The van der Waals surface area contributed by atoms with Crippen LogP contribution in [0.3, 0.4) is 0 Å². The molecule has 1 aliphatic heterocycles. The van der Waals surface area contributed by atoms with E-state index in [1.807, 2.05) is 36.8 Å². The summed E-state index contributed by atoms with van der Waals surface area (Å²) in [6.07, 6.45) is 6.46. The molecule has 290 valence electrons. The van der Waals surface area contributed by atoms with Crippen molar-refractivity contribution < 1.29 is 42.9 Å². The van der Waals surface area contributed by atoms with Crippen LogP contribution in [0.2, 0.25) is 0 Å². The number of piperidine rings is 1. The Hall–Kier alpha value is -5.98. The maximum Gasteiger partial charge on any atom is 0.255 e. The topological polar surface area (TPSA) is 160 Å². The molecule has 2 aromatic carbocycles. The zero-order chi connectivity index (χ0) is 39.3. The van der Waals surface area contributed by atoms with Crippen LogP contribution in [0.25, 0.3) is 32.9 Å². The standard InChI is InChI=1S/C42H43N5O9/c1-46-37-13-14-43-27-36(37)34-10-7-29(24-39(34)46)30-5-8-32(44-26-30)4-3-15-52-16-17-53-18-19-54-20-21-55-22-23-56-33-9-6-31(28-48)35(25-33)42(51)47(2)38-11-12-40(49)45-41(38)50/h5-10,13-14,24-28,38H,11-12,15-23H2,1-2H3,(H,45,49,50). The molecule has 1 unspecified atom stereocenters. The molecule has 1 fully saturated rings. The van der Waals surface area contributed by atoms with Gasteiger partial charge in [-0.2, -0.15) is 0 Å². The molecule has 3 amide bonds. The highest BCUT2D eigenvalue weighted by Crippen LogP contribution is 2.31. The molecular formula is C42H43N5O9. The number of nitrogens with one attached hydrogen (secondary N) is 1. The number of aryl methyl sites for hydroxylation is 1. The minimum Gasteiger partial charge on any atom is -0.491 e. The van der Waals surface area contributed by atoms with E-state index in [4.69, 9.17) is 23.7 Å². The number of hydrogen-bond acceptors (Lipinski definition) is 11. The third-order valence-electron chi connectivity index (χ3n) is 9.29. The second-order valence-electron chi connectivity index (χ2n) is 12.9. The number of carbonyl (C=O) groups excluding carboxylic acids is 4. The smallest absolute Gasteiger partial charge is 0.255 e. The number of carbonyl (C=O) groups is 4. The first-order chi connectivity index (χ1) is 27.3. The van der Waals surface area contributed by atoms with Crippen molar-refractivity contribution in [3.05, 3.63) is 90.0 Å². The maximum absolute atomic E-state index is 13.1. The fraction of sp³-hybridized carbons (Fsp3) is 0.333. The number of hydrogen-bond donors (Lipinski definition) is 1. The molecule has 6 rings (SSSR count). The zero-order valence-corrected chi connectivity index (χ0v) is 31.3. The number of fused-ring (bicyclic) bond motifs is 3. The number of aldehydes is 1. The quantitative estimate of drug-likeness (QED) is 0.0596. The van der Waals surface area contributed by atoms with Crippen LogP contribution in [0.5, 0.6) is 5.75 Å². The van der Waals surface area contributed by atoms with Gasteiger partial charge < -0.3 is 33.2 Å². The molecule has 0 saturated carbocycles. The Labute approximate surface area is 324 Å². The highest BCUT2D eigenvalue weighted by Gasteiger charge is 2.33. The number of aromatic nitrogens is 3. The molecule has 0 radical (unpaired) electrons. The molecule has 56 heavy (non-hydrogen) atoms.